The van der Waals surface area contributed by atoms with Crippen LogP contribution in [0.3, 0.4) is 0 Å². The standard InChI is InChI=1S/C21H27NO3.C21H25NO3.C16H28BNO4.C16H19NO.C11H9BrO.C2H6.ClH/c2*1-21(2,3)25-20(23)22-13-11-15(12-14-22)16-9-10-19(24-4)18-8-6-5-7-17(16)18;1-14(2,3)20-13(19)18-10-8-12(9-11-18)17-21-15(4,5)16(6,7)22-17;1-18-16-7-6-13(12-8-10-17-11-9-12)14-4-2-3-5-15(14)16;1-13-11-7-6-10(12)8-4-2-3-5-9(8)11;1-2;/h5-10,15H,11-14H2,1-4H3;5-11H,12-14H2,1-4H3;8H,9-11H2,1-7H3;2-7,12,17H,8-11H2,1H3;2-7H,1H3;1-2H3;1H. The topological polar surface area (TPSA) is 156 Å². The SMILES string of the molecule is CC.CC(C)(C)OC(=O)N1CC=C(B2OC(C)(C)C(C)(C)O2)CC1.COc1ccc(Br)c2ccccc12.COc1ccc(C2=CCN(C(=O)OC(C)(C)C)CC2)c2ccccc12.COc1ccc(C2CCN(C(=O)OC(C)(C)C)CC2)c2ccccc12.COc1ccc(C2CCNCC2)c2ccccc12.Cl. The Bertz CT molecular complexity index is 4280. The van der Waals surface area contributed by atoms with Gasteiger partial charge in [0.25, 0.3) is 0 Å². The number of amides is 3. The van der Waals surface area contributed by atoms with Gasteiger partial charge in [-0.2, -0.15) is 0 Å². The number of rotatable bonds is 8. The number of carbonyl (C=O) groups is 3. The molecule has 3 saturated heterocycles. The van der Waals surface area contributed by atoms with Crippen molar-refractivity contribution in [3.63, 3.8) is 0 Å². The molecule has 5 aliphatic heterocycles. The molecule has 19 heteroatoms. The number of hydrogen-bond acceptors (Lipinski definition) is 13. The minimum absolute atomic E-state index is 0. The largest absolute Gasteiger partial charge is 0.496 e. The quantitative estimate of drug-likeness (QED) is 0.113. The van der Waals surface area contributed by atoms with Gasteiger partial charge in [0.1, 0.15) is 39.8 Å². The molecule has 106 heavy (non-hydrogen) atoms. The Morgan fingerprint density at radius 1 is 0.443 bits per heavy atom. The average molecular weight is 1540 g/mol. The molecule has 0 atom stereocenters. The molecule has 3 fully saturated rings. The normalized spacial score (nSPS) is 16.6. The van der Waals surface area contributed by atoms with Gasteiger partial charge in [-0.1, -0.05) is 157 Å². The first-order chi connectivity index (χ1) is 49.9. The Kier molecular flexibility index (Phi) is 30.7. The molecular weight excluding hydrogens is 1420 g/mol. The van der Waals surface area contributed by atoms with Crippen molar-refractivity contribution in [2.45, 2.75) is 182 Å². The fraction of sp³-hybridized carbons (Fsp3) is 0.460. The van der Waals surface area contributed by atoms with E-state index >= 15 is 0 Å². The molecule has 0 aliphatic carbocycles. The van der Waals surface area contributed by atoms with Crippen molar-refractivity contribution in [2.75, 3.05) is 80.8 Å². The molecule has 13 rings (SSSR count). The van der Waals surface area contributed by atoms with E-state index in [1.54, 1.807) is 38.2 Å². The number of nitrogens with zero attached hydrogens (tertiary/aromatic N) is 3. The van der Waals surface area contributed by atoms with Crippen molar-refractivity contribution in [2.24, 2.45) is 0 Å². The zero-order valence-corrected chi connectivity index (χ0v) is 68.6. The van der Waals surface area contributed by atoms with Crippen molar-refractivity contribution in [3.8, 4) is 23.0 Å². The highest BCUT2D eigenvalue weighted by molar-refractivity contribution is 9.10. The van der Waals surface area contributed by atoms with Crippen LogP contribution in [0, 0.1) is 0 Å². The molecule has 0 spiro atoms. The van der Waals surface area contributed by atoms with Crippen LogP contribution < -0.4 is 24.3 Å². The molecule has 0 saturated carbocycles. The molecule has 5 aliphatic rings. The van der Waals surface area contributed by atoms with Crippen LogP contribution >= 0.6 is 28.3 Å². The number of likely N-dealkylation sites (tertiary alicyclic amines) is 1. The molecule has 3 amide bonds. The molecule has 1 N–H and O–H groups in total. The molecule has 5 heterocycles. The Hall–Kier alpha value is -8.00. The molecule has 0 bridgehead atoms. The van der Waals surface area contributed by atoms with E-state index in [0.29, 0.717) is 38.0 Å². The average Bonchev–Trinajstić information content (AvgIpc) is 1.65. The van der Waals surface area contributed by atoms with E-state index in [4.69, 9.17) is 42.5 Å². The van der Waals surface area contributed by atoms with Gasteiger partial charge in [0.15, 0.2) is 0 Å². The summed E-state index contributed by atoms with van der Waals surface area (Å²) in [7, 11) is 6.52. The second-order valence-electron chi connectivity index (χ2n) is 30.7. The van der Waals surface area contributed by atoms with E-state index in [9.17, 15) is 14.4 Å². The number of carbonyl (C=O) groups excluding carboxylic acids is 3. The third-order valence-corrected chi connectivity index (χ3v) is 20.1. The van der Waals surface area contributed by atoms with Crippen LogP contribution in [0.1, 0.15) is 171 Å². The third kappa shape index (κ3) is 22.6. The number of benzene rings is 8. The van der Waals surface area contributed by atoms with E-state index in [-0.39, 0.29) is 49.0 Å². The fourth-order valence-electron chi connectivity index (χ4n) is 13.4. The lowest BCUT2D eigenvalue weighted by Crippen LogP contribution is -2.41. The van der Waals surface area contributed by atoms with E-state index < -0.39 is 16.8 Å². The Morgan fingerprint density at radius 3 is 1.19 bits per heavy atom. The van der Waals surface area contributed by atoms with Crippen molar-refractivity contribution >= 4 is 102 Å². The van der Waals surface area contributed by atoms with Crippen LogP contribution in [0.15, 0.2) is 168 Å². The van der Waals surface area contributed by atoms with Gasteiger partial charge >= 0.3 is 25.4 Å². The summed E-state index contributed by atoms with van der Waals surface area (Å²) < 4.78 is 51.2. The predicted octanol–water partition coefficient (Wildman–Crippen LogP) is 21.4. The summed E-state index contributed by atoms with van der Waals surface area (Å²) in [5, 5.41) is 13.0. The monoisotopic (exact) mass is 1530 g/mol. The number of halogens is 2. The molecule has 572 valence electrons. The first kappa shape index (κ1) is 85.3. The minimum Gasteiger partial charge on any atom is -0.496 e. The lowest BCUT2D eigenvalue weighted by atomic mass is 9.75. The maximum atomic E-state index is 12.2. The molecule has 8 aromatic carbocycles. The fourth-order valence-corrected chi connectivity index (χ4v) is 13.9. The van der Waals surface area contributed by atoms with E-state index in [0.717, 1.165) is 101 Å². The number of ether oxygens (including phenoxy) is 7. The molecule has 0 aromatic heterocycles. The Labute approximate surface area is 645 Å². The molecule has 16 nitrogen and oxygen atoms in total. The molecule has 0 unspecified atom stereocenters. The number of nitrogens with one attached hydrogen (secondary N) is 1. The zero-order valence-electron chi connectivity index (χ0n) is 66.2. The van der Waals surface area contributed by atoms with Crippen molar-refractivity contribution in [1.29, 1.82) is 0 Å². The highest BCUT2D eigenvalue weighted by atomic mass is 79.9. The first-order valence-corrected chi connectivity index (χ1v) is 38.0. The maximum Gasteiger partial charge on any atom is 0.490 e. The number of hydrogen-bond donors (Lipinski definition) is 1. The van der Waals surface area contributed by atoms with Gasteiger partial charge in [-0.3, -0.25) is 0 Å². The number of methoxy groups -OCH3 is 4. The summed E-state index contributed by atoms with van der Waals surface area (Å²) in [6.07, 6.45) is 9.37. The van der Waals surface area contributed by atoms with Crippen LogP contribution in [-0.2, 0) is 23.5 Å². The van der Waals surface area contributed by atoms with Gasteiger partial charge in [-0.05, 0) is 233 Å². The summed E-state index contributed by atoms with van der Waals surface area (Å²) >= 11 is 3.50. The van der Waals surface area contributed by atoms with Gasteiger partial charge in [-0.15, -0.1) is 12.4 Å². The predicted molar refractivity (Wildman–Crippen MR) is 440 cm³/mol. The van der Waals surface area contributed by atoms with Crippen molar-refractivity contribution < 1.29 is 56.9 Å². The molecular formula is C87H115BBrClN4O12. The van der Waals surface area contributed by atoms with Crippen LogP contribution in [0.2, 0.25) is 0 Å². The lowest BCUT2D eigenvalue weighted by molar-refractivity contribution is 0.00578. The summed E-state index contributed by atoms with van der Waals surface area (Å²) in [6.45, 7) is 35.3. The van der Waals surface area contributed by atoms with Crippen molar-refractivity contribution in [3.05, 3.63) is 184 Å². The highest BCUT2D eigenvalue weighted by Crippen LogP contribution is 2.42. The van der Waals surface area contributed by atoms with E-state index in [2.05, 4.69) is 124 Å². The van der Waals surface area contributed by atoms with Gasteiger partial charge in [0, 0.05) is 65.3 Å². The summed E-state index contributed by atoms with van der Waals surface area (Å²) in [6, 6.07) is 50.0. The molecule has 8 aromatic rings. The maximum absolute atomic E-state index is 12.2. The Morgan fingerprint density at radius 2 is 0.792 bits per heavy atom. The second-order valence-corrected chi connectivity index (χ2v) is 31.5. The smallest absolute Gasteiger partial charge is 0.490 e. The van der Waals surface area contributed by atoms with Crippen LogP contribution in [0.25, 0.3) is 48.7 Å². The summed E-state index contributed by atoms with van der Waals surface area (Å²) in [5.74, 6) is 4.82. The minimum atomic E-state index is -0.465. The van der Waals surface area contributed by atoms with Crippen LogP contribution in [0.5, 0.6) is 23.0 Å². The first-order valence-electron chi connectivity index (χ1n) is 37.2. The summed E-state index contributed by atoms with van der Waals surface area (Å²) in [5.41, 5.74) is 4.37. The van der Waals surface area contributed by atoms with E-state index in [1.807, 2.05) is 163 Å². The number of fused-ring (bicyclic) bond motifs is 4. The Balaban J connectivity index is 0.000000186. The second kappa shape index (κ2) is 38.2. The van der Waals surface area contributed by atoms with Gasteiger partial charge in [0.05, 0.1) is 39.6 Å². The van der Waals surface area contributed by atoms with Gasteiger partial charge < -0.3 is 62.5 Å². The highest BCUT2D eigenvalue weighted by Gasteiger charge is 2.52. The van der Waals surface area contributed by atoms with E-state index in [1.165, 1.54) is 62.0 Å². The lowest BCUT2D eigenvalue weighted by Gasteiger charge is -2.34. The van der Waals surface area contributed by atoms with Crippen LogP contribution in [-0.4, -0.2) is 149 Å². The third-order valence-electron chi connectivity index (χ3n) is 19.5. The van der Waals surface area contributed by atoms with Gasteiger partial charge in [-0.25, -0.2) is 14.4 Å². The zero-order chi connectivity index (χ0) is 76.4. The summed E-state index contributed by atoms with van der Waals surface area (Å²) in [4.78, 5) is 41.8. The molecule has 0 radical (unpaired) electrons. The van der Waals surface area contributed by atoms with Crippen LogP contribution in [0.4, 0.5) is 14.4 Å². The van der Waals surface area contributed by atoms with Gasteiger partial charge in [0.2, 0.25) is 0 Å². The number of piperidine rings is 2. The van der Waals surface area contributed by atoms with Crippen molar-refractivity contribution in [1.82, 2.24) is 20.0 Å².